The van der Waals surface area contributed by atoms with Crippen molar-refractivity contribution < 1.29 is 0 Å². The highest BCUT2D eigenvalue weighted by atomic mass is 79.9. The van der Waals surface area contributed by atoms with Crippen LogP contribution < -0.4 is 10.6 Å². The molecular formula is C15H22BrN3. The zero-order chi connectivity index (χ0) is 13.7. The fraction of sp³-hybridized carbons (Fsp3) is 0.533. The van der Waals surface area contributed by atoms with E-state index in [0.717, 1.165) is 35.7 Å². The molecule has 1 saturated carbocycles. The van der Waals surface area contributed by atoms with E-state index in [0.29, 0.717) is 6.04 Å². The van der Waals surface area contributed by atoms with Gasteiger partial charge in [0.05, 0.1) is 0 Å². The van der Waals surface area contributed by atoms with Crippen molar-refractivity contribution in [2.24, 2.45) is 10.9 Å². The predicted molar refractivity (Wildman–Crippen MR) is 84.5 cm³/mol. The smallest absolute Gasteiger partial charge is 0.191 e. The van der Waals surface area contributed by atoms with Gasteiger partial charge in [-0.1, -0.05) is 35.0 Å². The minimum Gasteiger partial charge on any atom is -0.356 e. The predicted octanol–water partition coefficient (Wildman–Crippen LogP) is 2.96. The third kappa shape index (κ3) is 4.86. The third-order valence-corrected chi connectivity index (χ3v) is 3.97. The number of benzene rings is 1. The molecule has 0 saturated heterocycles. The summed E-state index contributed by atoms with van der Waals surface area (Å²) in [4.78, 5) is 4.25. The third-order valence-electron chi connectivity index (χ3n) is 3.48. The quantitative estimate of drug-likeness (QED) is 0.496. The Kier molecular flexibility index (Phi) is 5.25. The van der Waals surface area contributed by atoms with Crippen molar-refractivity contribution >= 4 is 21.9 Å². The Morgan fingerprint density at radius 2 is 2.26 bits per heavy atom. The molecule has 2 rings (SSSR count). The van der Waals surface area contributed by atoms with Crippen molar-refractivity contribution in [3.63, 3.8) is 0 Å². The van der Waals surface area contributed by atoms with E-state index < -0.39 is 0 Å². The standard InChI is InChI=1S/C15H22BrN3/c1-11-9-14(11)19-15(17-2)18-8-4-6-12-5-3-7-13(16)10-12/h3,5,7,10-11,14H,4,6,8-9H2,1-2H3,(H2,17,18,19). The number of aliphatic imine (C=N–C) groups is 1. The summed E-state index contributed by atoms with van der Waals surface area (Å²) < 4.78 is 1.15. The van der Waals surface area contributed by atoms with Crippen LogP contribution in [-0.2, 0) is 6.42 Å². The van der Waals surface area contributed by atoms with Crippen LogP contribution in [0.4, 0.5) is 0 Å². The van der Waals surface area contributed by atoms with Gasteiger partial charge in [-0.25, -0.2) is 0 Å². The highest BCUT2D eigenvalue weighted by Gasteiger charge is 2.32. The first-order chi connectivity index (χ1) is 9.19. The molecule has 0 spiro atoms. The molecule has 4 heteroatoms. The van der Waals surface area contributed by atoms with Gasteiger partial charge in [0, 0.05) is 24.1 Å². The van der Waals surface area contributed by atoms with E-state index in [2.05, 4.69) is 62.7 Å². The van der Waals surface area contributed by atoms with Crippen molar-refractivity contribution in [1.82, 2.24) is 10.6 Å². The van der Waals surface area contributed by atoms with Gasteiger partial charge in [0.25, 0.3) is 0 Å². The lowest BCUT2D eigenvalue weighted by molar-refractivity contribution is 0.726. The summed E-state index contributed by atoms with van der Waals surface area (Å²) in [5.74, 6) is 1.73. The summed E-state index contributed by atoms with van der Waals surface area (Å²) in [7, 11) is 1.83. The Morgan fingerprint density at radius 1 is 1.47 bits per heavy atom. The molecule has 2 N–H and O–H groups in total. The van der Waals surface area contributed by atoms with Gasteiger partial charge in [-0.15, -0.1) is 0 Å². The summed E-state index contributed by atoms with van der Waals surface area (Å²) >= 11 is 3.50. The molecular weight excluding hydrogens is 302 g/mol. The van der Waals surface area contributed by atoms with Crippen molar-refractivity contribution in [1.29, 1.82) is 0 Å². The van der Waals surface area contributed by atoms with E-state index in [-0.39, 0.29) is 0 Å². The van der Waals surface area contributed by atoms with Crippen LogP contribution in [0.15, 0.2) is 33.7 Å². The van der Waals surface area contributed by atoms with Crippen LogP contribution in [-0.4, -0.2) is 25.6 Å². The number of aryl methyl sites for hydroxylation is 1. The molecule has 0 aliphatic heterocycles. The molecule has 0 heterocycles. The Bertz CT molecular complexity index is 445. The Balaban J connectivity index is 1.65. The molecule has 1 fully saturated rings. The molecule has 1 aromatic carbocycles. The van der Waals surface area contributed by atoms with Crippen LogP contribution in [0.5, 0.6) is 0 Å². The molecule has 2 atom stereocenters. The van der Waals surface area contributed by atoms with E-state index in [4.69, 9.17) is 0 Å². The van der Waals surface area contributed by atoms with E-state index in [1.165, 1.54) is 12.0 Å². The first kappa shape index (κ1) is 14.4. The lowest BCUT2D eigenvalue weighted by atomic mass is 10.1. The van der Waals surface area contributed by atoms with Gasteiger partial charge in [-0.2, -0.15) is 0 Å². The minimum atomic E-state index is 0.622. The molecule has 1 aliphatic carbocycles. The number of rotatable bonds is 5. The van der Waals surface area contributed by atoms with Gasteiger partial charge in [-0.05, 0) is 42.9 Å². The highest BCUT2D eigenvalue weighted by Crippen LogP contribution is 2.28. The van der Waals surface area contributed by atoms with Crippen molar-refractivity contribution in [3.8, 4) is 0 Å². The maximum atomic E-state index is 4.25. The molecule has 0 radical (unpaired) electrons. The molecule has 1 aliphatic rings. The number of hydrogen-bond donors (Lipinski definition) is 2. The molecule has 104 valence electrons. The summed E-state index contributed by atoms with van der Waals surface area (Å²) in [6.45, 7) is 3.21. The fourth-order valence-corrected chi connectivity index (χ4v) is 2.53. The van der Waals surface area contributed by atoms with Crippen LogP contribution in [0.3, 0.4) is 0 Å². The van der Waals surface area contributed by atoms with Gasteiger partial charge in [0.2, 0.25) is 0 Å². The van der Waals surface area contributed by atoms with Gasteiger partial charge in [0.1, 0.15) is 0 Å². The van der Waals surface area contributed by atoms with E-state index in [1.54, 1.807) is 0 Å². The average Bonchev–Trinajstić information content (AvgIpc) is 3.09. The lowest BCUT2D eigenvalue weighted by Crippen LogP contribution is -2.39. The Hall–Kier alpha value is -1.03. The zero-order valence-electron chi connectivity index (χ0n) is 11.6. The second-order valence-electron chi connectivity index (χ2n) is 5.20. The molecule has 3 nitrogen and oxygen atoms in total. The molecule has 1 aromatic rings. The van der Waals surface area contributed by atoms with Crippen molar-refractivity contribution in [2.45, 2.75) is 32.2 Å². The SMILES string of the molecule is CN=C(NCCCc1cccc(Br)c1)NC1CC1C. The molecule has 19 heavy (non-hydrogen) atoms. The van der Waals surface area contributed by atoms with Gasteiger partial charge in [-0.3, -0.25) is 4.99 Å². The van der Waals surface area contributed by atoms with Crippen LogP contribution in [0, 0.1) is 5.92 Å². The minimum absolute atomic E-state index is 0.622. The molecule has 0 bridgehead atoms. The fourth-order valence-electron chi connectivity index (χ4n) is 2.09. The summed E-state index contributed by atoms with van der Waals surface area (Å²) in [6, 6.07) is 9.12. The van der Waals surface area contributed by atoms with Gasteiger partial charge in [0.15, 0.2) is 5.96 Å². The number of nitrogens with one attached hydrogen (secondary N) is 2. The second-order valence-corrected chi connectivity index (χ2v) is 6.11. The van der Waals surface area contributed by atoms with E-state index in [9.17, 15) is 0 Å². The molecule has 2 unspecified atom stereocenters. The largest absolute Gasteiger partial charge is 0.356 e. The van der Waals surface area contributed by atoms with Crippen LogP contribution in [0.25, 0.3) is 0 Å². The van der Waals surface area contributed by atoms with E-state index >= 15 is 0 Å². The maximum absolute atomic E-state index is 4.25. The molecule has 0 amide bonds. The zero-order valence-corrected chi connectivity index (χ0v) is 13.2. The first-order valence-electron chi connectivity index (χ1n) is 6.90. The second kappa shape index (κ2) is 6.94. The van der Waals surface area contributed by atoms with E-state index in [1.807, 2.05) is 7.05 Å². The number of nitrogens with zero attached hydrogens (tertiary/aromatic N) is 1. The summed E-state index contributed by atoms with van der Waals surface area (Å²) in [5.41, 5.74) is 1.37. The molecule has 0 aromatic heterocycles. The van der Waals surface area contributed by atoms with Crippen molar-refractivity contribution in [3.05, 3.63) is 34.3 Å². The average molecular weight is 324 g/mol. The number of guanidine groups is 1. The van der Waals surface area contributed by atoms with Crippen LogP contribution >= 0.6 is 15.9 Å². The highest BCUT2D eigenvalue weighted by molar-refractivity contribution is 9.10. The Labute approximate surface area is 124 Å². The number of hydrogen-bond acceptors (Lipinski definition) is 1. The normalized spacial score (nSPS) is 22.2. The van der Waals surface area contributed by atoms with Crippen LogP contribution in [0.1, 0.15) is 25.3 Å². The van der Waals surface area contributed by atoms with Gasteiger partial charge < -0.3 is 10.6 Å². The Morgan fingerprint density at radius 3 is 2.89 bits per heavy atom. The monoisotopic (exact) mass is 323 g/mol. The number of halogens is 1. The summed E-state index contributed by atoms with van der Waals surface area (Å²) in [5, 5.41) is 6.80. The van der Waals surface area contributed by atoms with Gasteiger partial charge >= 0.3 is 0 Å². The maximum Gasteiger partial charge on any atom is 0.191 e. The lowest BCUT2D eigenvalue weighted by Gasteiger charge is -2.11. The van der Waals surface area contributed by atoms with Crippen molar-refractivity contribution in [2.75, 3.05) is 13.6 Å². The summed E-state index contributed by atoms with van der Waals surface area (Å²) in [6.07, 6.45) is 3.46. The first-order valence-corrected chi connectivity index (χ1v) is 7.70. The van der Waals surface area contributed by atoms with Crippen LogP contribution in [0.2, 0.25) is 0 Å². The topological polar surface area (TPSA) is 36.4 Å².